The summed E-state index contributed by atoms with van der Waals surface area (Å²) in [7, 11) is 1.93. The molecule has 0 saturated heterocycles. The summed E-state index contributed by atoms with van der Waals surface area (Å²) in [5.41, 5.74) is 5.01. The summed E-state index contributed by atoms with van der Waals surface area (Å²) in [5.74, 6) is 3.29. The van der Waals surface area contributed by atoms with Gasteiger partial charge < -0.3 is 9.30 Å². The van der Waals surface area contributed by atoms with Crippen LogP contribution in [-0.4, -0.2) is 46.7 Å². The third-order valence-corrected chi connectivity index (χ3v) is 8.43. The van der Waals surface area contributed by atoms with Crippen LogP contribution in [-0.2, 0) is 21.1 Å². The summed E-state index contributed by atoms with van der Waals surface area (Å²) in [4.78, 5) is 19.7. The zero-order valence-electron chi connectivity index (χ0n) is 27.2. The fourth-order valence-corrected chi connectivity index (χ4v) is 6.10. The Kier molecular flexibility index (Phi) is 8.46. The van der Waals surface area contributed by atoms with Crippen molar-refractivity contribution in [3.63, 3.8) is 0 Å². The van der Waals surface area contributed by atoms with Gasteiger partial charge in [-0.05, 0) is 29.1 Å². The third kappa shape index (κ3) is 6.08. The maximum Gasteiger partial charge on any atom is 2.00 e. The number of rotatable bonds is 7. The van der Waals surface area contributed by atoms with Crippen molar-refractivity contribution in [2.75, 3.05) is 7.05 Å². The molecule has 4 heterocycles. The van der Waals surface area contributed by atoms with Gasteiger partial charge in [-0.1, -0.05) is 112 Å². The molecule has 5 aromatic carbocycles. The van der Waals surface area contributed by atoms with Gasteiger partial charge in [-0.3, -0.25) is 0 Å². The largest absolute Gasteiger partial charge is 2.00 e. The zero-order chi connectivity index (χ0) is 33.4. The first-order valence-electron chi connectivity index (χ1n) is 16.1. The standard InChI is InChI=1S/C42H27N7O.Pt/c1-47-23-24-48(28-47)31-17-12-18-32(25-31)50-38-27-37-34(33-19-8-9-20-36(33)49(37)39-21-10-11-22-43-39)26-35(38)42-45-40(29-13-4-2-5-14-29)44-41(46-42)30-15-6-3-7-16-30;/h2-24,26H,1H3;/q;+2. The number of fused-ring (bicyclic) bond motifs is 3. The second-order valence-corrected chi connectivity index (χ2v) is 11.7. The van der Waals surface area contributed by atoms with E-state index in [0.29, 0.717) is 34.5 Å². The van der Waals surface area contributed by atoms with Gasteiger partial charge in [-0.15, -0.1) is 23.6 Å². The van der Waals surface area contributed by atoms with Gasteiger partial charge in [-0.2, -0.15) is 6.07 Å². The van der Waals surface area contributed by atoms with Crippen molar-refractivity contribution >= 4 is 33.5 Å². The SMILES string of the molecule is C[N+]1=C=[N+](c2[c-]c(Oc3[c-]c4c(cc3-c3nc(-c5ccccc5)nc(-c5ccccc5)n3)c3ccccc3n4-c3ccccn3)ccc2)C=C1.[Pt+2]. The van der Waals surface area contributed by atoms with E-state index in [4.69, 9.17) is 24.7 Å². The Balaban J connectivity index is 0.00000374. The molecule has 8 aromatic rings. The predicted octanol–water partition coefficient (Wildman–Crippen LogP) is 8.70. The first kappa shape index (κ1) is 31.9. The molecule has 0 unspecified atom stereocenters. The quantitative estimate of drug-likeness (QED) is 0.119. The van der Waals surface area contributed by atoms with Crippen LogP contribution in [0.3, 0.4) is 0 Å². The molecule has 0 saturated carbocycles. The molecule has 8 nitrogen and oxygen atoms in total. The van der Waals surface area contributed by atoms with Crippen LogP contribution in [0.5, 0.6) is 11.5 Å². The molecule has 0 N–H and O–H groups in total. The first-order valence-corrected chi connectivity index (χ1v) is 16.1. The van der Waals surface area contributed by atoms with Crippen molar-refractivity contribution in [2.45, 2.75) is 0 Å². The van der Waals surface area contributed by atoms with Crippen molar-refractivity contribution in [1.82, 2.24) is 24.5 Å². The Morgan fingerprint density at radius 3 is 2.04 bits per heavy atom. The molecule has 51 heavy (non-hydrogen) atoms. The van der Waals surface area contributed by atoms with Crippen molar-refractivity contribution in [3.05, 3.63) is 158 Å². The van der Waals surface area contributed by atoms with Crippen LogP contribution in [0.4, 0.5) is 5.69 Å². The topological polar surface area (TPSA) is 71.7 Å². The minimum Gasteiger partial charge on any atom is -0.508 e. The summed E-state index contributed by atoms with van der Waals surface area (Å²) in [6.07, 6.45) is 5.64. The van der Waals surface area contributed by atoms with E-state index < -0.39 is 0 Å². The van der Waals surface area contributed by atoms with Crippen LogP contribution >= 0.6 is 0 Å². The van der Waals surface area contributed by atoms with E-state index >= 15 is 0 Å². The zero-order valence-corrected chi connectivity index (χ0v) is 29.5. The summed E-state index contributed by atoms with van der Waals surface area (Å²) in [6.45, 7) is 0. The average Bonchev–Trinajstić information content (AvgIpc) is 3.76. The summed E-state index contributed by atoms with van der Waals surface area (Å²) in [6, 6.07) is 52.2. The maximum atomic E-state index is 6.74. The van der Waals surface area contributed by atoms with Gasteiger partial charge in [0, 0.05) is 34.3 Å². The van der Waals surface area contributed by atoms with E-state index in [1.807, 2.05) is 138 Å². The van der Waals surface area contributed by atoms with E-state index in [2.05, 4.69) is 40.9 Å². The fraction of sp³-hybridized carbons (Fsp3) is 0.0238. The van der Waals surface area contributed by atoms with Gasteiger partial charge in [0.05, 0.1) is 0 Å². The Hall–Kier alpha value is -6.33. The molecule has 1 aliphatic heterocycles. The van der Waals surface area contributed by atoms with Crippen LogP contribution in [0.15, 0.2) is 146 Å². The first-order chi connectivity index (χ1) is 24.7. The Morgan fingerprint density at radius 1 is 0.667 bits per heavy atom. The van der Waals surface area contributed by atoms with E-state index in [-0.39, 0.29) is 21.1 Å². The van der Waals surface area contributed by atoms with Gasteiger partial charge in [0.15, 0.2) is 18.7 Å². The van der Waals surface area contributed by atoms with Gasteiger partial charge in [0.25, 0.3) is 6.20 Å². The van der Waals surface area contributed by atoms with E-state index in [1.54, 1.807) is 6.20 Å². The minimum absolute atomic E-state index is 0. The van der Waals surface area contributed by atoms with E-state index in [0.717, 1.165) is 44.4 Å². The molecule has 3 aromatic heterocycles. The van der Waals surface area contributed by atoms with Crippen LogP contribution in [0.25, 0.3) is 61.8 Å². The molecule has 0 amide bonds. The van der Waals surface area contributed by atoms with Gasteiger partial charge in [0.1, 0.15) is 17.3 Å². The van der Waals surface area contributed by atoms with Crippen LogP contribution in [0.2, 0.25) is 0 Å². The molecule has 1 aliphatic rings. The third-order valence-electron chi connectivity index (χ3n) is 8.43. The van der Waals surface area contributed by atoms with Crippen LogP contribution in [0.1, 0.15) is 0 Å². The molecule has 0 bridgehead atoms. The Bertz CT molecular complexity index is 2610. The van der Waals surface area contributed by atoms with Crippen molar-refractivity contribution in [1.29, 1.82) is 0 Å². The van der Waals surface area contributed by atoms with Crippen LogP contribution in [0, 0.1) is 12.1 Å². The summed E-state index contributed by atoms with van der Waals surface area (Å²) in [5, 5.41) is 2.01. The molecule has 0 fully saturated rings. The Labute approximate surface area is 308 Å². The number of aromatic nitrogens is 5. The molecular weight excluding hydrogens is 814 g/mol. The smallest absolute Gasteiger partial charge is 0.508 e. The monoisotopic (exact) mass is 840 g/mol. The molecule has 244 valence electrons. The van der Waals surface area contributed by atoms with Gasteiger partial charge in [-0.25, -0.2) is 19.9 Å². The normalized spacial score (nSPS) is 12.1. The number of hydrogen-bond acceptors (Lipinski definition) is 5. The molecule has 9 heteroatoms. The van der Waals surface area contributed by atoms with Gasteiger partial charge in [0.2, 0.25) is 6.20 Å². The van der Waals surface area contributed by atoms with Crippen molar-refractivity contribution < 1.29 is 35.0 Å². The summed E-state index contributed by atoms with van der Waals surface area (Å²) < 4.78 is 12.6. The second-order valence-electron chi connectivity index (χ2n) is 11.7. The number of pyridine rings is 1. The van der Waals surface area contributed by atoms with Crippen molar-refractivity contribution in [2.24, 2.45) is 0 Å². The molecule has 0 atom stereocenters. The van der Waals surface area contributed by atoms with E-state index in [1.165, 1.54) is 0 Å². The second kappa shape index (κ2) is 13.5. The van der Waals surface area contributed by atoms with Crippen LogP contribution < -0.4 is 4.74 Å². The molecular formula is C42H27N7OPt+2. The Morgan fingerprint density at radius 2 is 1.35 bits per heavy atom. The molecule has 0 spiro atoms. The summed E-state index contributed by atoms with van der Waals surface area (Å²) >= 11 is 0. The molecule has 0 radical (unpaired) electrons. The number of hydrogen-bond donors (Lipinski definition) is 0. The number of ether oxygens (including phenoxy) is 1. The van der Waals surface area contributed by atoms with Crippen molar-refractivity contribution in [3.8, 4) is 51.5 Å². The van der Waals surface area contributed by atoms with Gasteiger partial charge >= 0.3 is 27.1 Å². The average molecular weight is 841 g/mol. The maximum absolute atomic E-state index is 6.74. The number of nitrogens with zero attached hydrogens (tertiary/aromatic N) is 7. The molecule has 9 rings (SSSR count). The predicted molar refractivity (Wildman–Crippen MR) is 193 cm³/mol. The van der Waals surface area contributed by atoms with E-state index in [9.17, 15) is 0 Å². The molecule has 0 aliphatic carbocycles. The number of benzene rings is 5. The fourth-order valence-electron chi connectivity index (χ4n) is 6.10. The minimum atomic E-state index is 0. The number of para-hydroxylation sites is 1.